The largest absolute Gasteiger partial charge is 0.274 e. The topological polar surface area (TPSA) is 71.5 Å². The molecular formula is C17H22ClNO4S. The molecule has 132 valence electrons. The predicted octanol–water partition coefficient (Wildman–Crippen LogP) is 3.95. The number of rotatable bonds is 5. The van der Waals surface area contributed by atoms with E-state index in [0.717, 1.165) is 36.1 Å². The van der Waals surface area contributed by atoms with Gasteiger partial charge in [-0.3, -0.25) is 9.59 Å². The van der Waals surface area contributed by atoms with Crippen LogP contribution in [-0.4, -0.2) is 20.2 Å². The number of anilines is 1. The second-order valence-corrected chi connectivity index (χ2v) is 8.48. The zero-order valence-electron chi connectivity index (χ0n) is 13.9. The molecule has 1 aromatic carbocycles. The van der Waals surface area contributed by atoms with E-state index in [4.69, 9.17) is 10.7 Å². The zero-order valence-corrected chi connectivity index (χ0v) is 15.5. The van der Waals surface area contributed by atoms with E-state index in [2.05, 4.69) is 0 Å². The maximum Gasteiger partial charge on any atom is 0.263 e. The fourth-order valence-corrected chi connectivity index (χ4v) is 4.30. The molecule has 1 saturated carbocycles. The Labute approximate surface area is 147 Å². The average molecular weight is 372 g/mol. The molecule has 1 aromatic rings. The summed E-state index contributed by atoms with van der Waals surface area (Å²) in [6.07, 6.45) is 4.12. The van der Waals surface area contributed by atoms with Crippen LogP contribution in [0.5, 0.6) is 0 Å². The maximum atomic E-state index is 12.4. The molecule has 0 aromatic heterocycles. The lowest BCUT2D eigenvalue weighted by molar-refractivity contribution is -0.126. The van der Waals surface area contributed by atoms with Gasteiger partial charge in [-0.2, -0.15) is 0 Å². The van der Waals surface area contributed by atoms with Gasteiger partial charge in [-0.05, 0) is 30.4 Å². The molecule has 1 aliphatic rings. The van der Waals surface area contributed by atoms with Gasteiger partial charge >= 0.3 is 0 Å². The number of nitrogens with zero attached hydrogens (tertiary/aromatic N) is 1. The first kappa shape index (κ1) is 18.9. The van der Waals surface area contributed by atoms with Crippen LogP contribution in [0.4, 0.5) is 5.69 Å². The van der Waals surface area contributed by atoms with Gasteiger partial charge in [0.05, 0.1) is 5.69 Å². The molecule has 0 spiro atoms. The van der Waals surface area contributed by atoms with E-state index < -0.39 is 20.9 Å². The van der Waals surface area contributed by atoms with Crippen LogP contribution in [-0.2, 0) is 18.6 Å². The first-order valence-corrected chi connectivity index (χ1v) is 10.6. The molecule has 0 aliphatic heterocycles. The molecule has 0 unspecified atom stereocenters. The van der Waals surface area contributed by atoms with Gasteiger partial charge in [-0.1, -0.05) is 38.8 Å². The monoisotopic (exact) mass is 371 g/mol. The van der Waals surface area contributed by atoms with Crippen molar-refractivity contribution < 1.29 is 18.0 Å². The van der Waals surface area contributed by atoms with Crippen LogP contribution in [0, 0.1) is 0 Å². The summed E-state index contributed by atoms with van der Waals surface area (Å²) >= 11 is 0. The summed E-state index contributed by atoms with van der Waals surface area (Å²) in [6, 6.07) is 4.78. The van der Waals surface area contributed by atoms with E-state index in [0.29, 0.717) is 0 Å². The Morgan fingerprint density at radius 3 is 2.12 bits per heavy atom. The van der Waals surface area contributed by atoms with Crippen LogP contribution in [0.15, 0.2) is 23.1 Å². The molecule has 7 heteroatoms. The van der Waals surface area contributed by atoms with Gasteiger partial charge in [0, 0.05) is 23.5 Å². The van der Waals surface area contributed by atoms with Crippen molar-refractivity contribution in [3.8, 4) is 0 Å². The van der Waals surface area contributed by atoms with Crippen molar-refractivity contribution in [3.05, 3.63) is 23.8 Å². The molecule has 1 aliphatic carbocycles. The van der Waals surface area contributed by atoms with E-state index in [1.54, 1.807) is 26.0 Å². The molecule has 0 heterocycles. The third-order valence-electron chi connectivity index (χ3n) is 4.42. The molecule has 0 N–H and O–H groups in total. The van der Waals surface area contributed by atoms with Crippen molar-refractivity contribution in [2.45, 2.75) is 63.2 Å². The standard InChI is InChI=1S/C17H22ClNO4S/c1-3-15(20)19(16(21)4-2)17-13(12-8-5-6-9-12)10-7-11-14(17)24(18,22)23/h7,10-12H,3-6,8-9H2,1-2H3. The minimum Gasteiger partial charge on any atom is -0.274 e. The average Bonchev–Trinajstić information content (AvgIpc) is 3.08. The summed E-state index contributed by atoms with van der Waals surface area (Å²) in [4.78, 5) is 25.7. The molecule has 5 nitrogen and oxygen atoms in total. The summed E-state index contributed by atoms with van der Waals surface area (Å²) in [5, 5.41) is 0. The minimum absolute atomic E-state index is 0.104. The quantitative estimate of drug-likeness (QED) is 0.734. The van der Waals surface area contributed by atoms with Crippen LogP contribution in [0.1, 0.15) is 63.9 Å². The molecule has 0 radical (unpaired) electrons. The second kappa shape index (κ2) is 7.66. The lowest BCUT2D eigenvalue weighted by Gasteiger charge is -2.27. The first-order chi connectivity index (χ1) is 11.3. The van der Waals surface area contributed by atoms with Crippen molar-refractivity contribution in [2.75, 3.05) is 4.90 Å². The molecule has 0 atom stereocenters. The van der Waals surface area contributed by atoms with E-state index >= 15 is 0 Å². The van der Waals surface area contributed by atoms with Gasteiger partial charge in [-0.15, -0.1) is 0 Å². The van der Waals surface area contributed by atoms with Gasteiger partial charge in [0.2, 0.25) is 11.8 Å². The number of imide groups is 1. The Morgan fingerprint density at radius 1 is 1.12 bits per heavy atom. The minimum atomic E-state index is -4.09. The fraction of sp³-hybridized carbons (Fsp3) is 0.529. The number of carbonyl (C=O) groups is 2. The molecule has 2 amide bonds. The first-order valence-electron chi connectivity index (χ1n) is 8.24. The summed E-state index contributed by atoms with van der Waals surface area (Å²) in [5.41, 5.74) is 0.871. The van der Waals surface area contributed by atoms with E-state index in [1.165, 1.54) is 6.07 Å². The Balaban J connectivity index is 2.75. The SMILES string of the molecule is CCC(=O)N(C(=O)CC)c1c(C2CCCC2)cccc1S(=O)(=O)Cl. The smallest absolute Gasteiger partial charge is 0.263 e. The number of para-hydroxylation sites is 1. The van der Waals surface area contributed by atoms with E-state index in [-0.39, 0.29) is 29.3 Å². The van der Waals surface area contributed by atoms with Crippen LogP contribution in [0.3, 0.4) is 0 Å². The highest BCUT2D eigenvalue weighted by atomic mass is 35.7. The molecule has 1 fully saturated rings. The Morgan fingerprint density at radius 2 is 1.67 bits per heavy atom. The Hall–Kier alpha value is -1.40. The van der Waals surface area contributed by atoms with Crippen LogP contribution in [0.25, 0.3) is 0 Å². The number of hydrogen-bond donors (Lipinski definition) is 0. The highest BCUT2D eigenvalue weighted by molar-refractivity contribution is 8.13. The molecule has 0 saturated heterocycles. The van der Waals surface area contributed by atoms with Crippen LogP contribution < -0.4 is 4.90 Å². The third kappa shape index (κ3) is 3.81. The Bertz CT molecular complexity index is 723. The highest BCUT2D eigenvalue weighted by Crippen LogP contribution is 2.42. The van der Waals surface area contributed by atoms with Gasteiger partial charge in [0.25, 0.3) is 9.05 Å². The number of carbonyl (C=O) groups excluding carboxylic acids is 2. The normalized spacial score (nSPS) is 15.5. The summed E-state index contributed by atoms with van der Waals surface area (Å²) in [5.74, 6) is -0.710. The number of halogens is 1. The summed E-state index contributed by atoms with van der Waals surface area (Å²) < 4.78 is 24.1. The fourth-order valence-electron chi connectivity index (χ4n) is 3.25. The van der Waals surface area contributed by atoms with Crippen molar-refractivity contribution in [2.24, 2.45) is 0 Å². The van der Waals surface area contributed by atoms with Crippen LogP contribution in [0.2, 0.25) is 0 Å². The highest BCUT2D eigenvalue weighted by Gasteiger charge is 2.32. The third-order valence-corrected chi connectivity index (χ3v) is 5.77. The number of amides is 2. The van der Waals surface area contributed by atoms with Gasteiger partial charge in [0.1, 0.15) is 4.90 Å². The van der Waals surface area contributed by atoms with Crippen LogP contribution >= 0.6 is 10.7 Å². The van der Waals surface area contributed by atoms with Crippen molar-refractivity contribution in [1.29, 1.82) is 0 Å². The molecule has 24 heavy (non-hydrogen) atoms. The summed E-state index contributed by atoms with van der Waals surface area (Å²) in [7, 11) is 1.52. The molecular weight excluding hydrogens is 350 g/mol. The van der Waals surface area contributed by atoms with Crippen molar-refractivity contribution in [3.63, 3.8) is 0 Å². The predicted molar refractivity (Wildman–Crippen MR) is 93.8 cm³/mol. The van der Waals surface area contributed by atoms with Gasteiger partial charge in [-0.25, -0.2) is 13.3 Å². The van der Waals surface area contributed by atoms with Crippen molar-refractivity contribution >= 4 is 37.2 Å². The van der Waals surface area contributed by atoms with E-state index in [9.17, 15) is 18.0 Å². The number of benzene rings is 1. The number of hydrogen-bond acceptors (Lipinski definition) is 4. The zero-order chi connectivity index (χ0) is 17.9. The maximum absolute atomic E-state index is 12.4. The summed E-state index contributed by atoms with van der Waals surface area (Å²) in [6.45, 7) is 3.29. The van der Waals surface area contributed by atoms with Gasteiger partial charge < -0.3 is 0 Å². The molecule has 2 rings (SSSR count). The molecule has 0 bridgehead atoms. The Kier molecular flexibility index (Phi) is 6.04. The van der Waals surface area contributed by atoms with Gasteiger partial charge in [0.15, 0.2) is 0 Å². The van der Waals surface area contributed by atoms with E-state index in [1.807, 2.05) is 0 Å². The van der Waals surface area contributed by atoms with Crippen molar-refractivity contribution in [1.82, 2.24) is 0 Å². The lowest BCUT2D eigenvalue weighted by Crippen LogP contribution is -2.37. The second-order valence-electron chi connectivity index (χ2n) is 5.94. The lowest BCUT2D eigenvalue weighted by atomic mass is 9.95.